The van der Waals surface area contributed by atoms with Crippen molar-refractivity contribution in [1.82, 2.24) is 9.78 Å². The van der Waals surface area contributed by atoms with Gasteiger partial charge in [0.2, 0.25) is 0 Å². The number of carboxylic acids is 1. The molecule has 0 aliphatic rings. The average molecular weight is 316 g/mol. The van der Waals surface area contributed by atoms with Gasteiger partial charge < -0.3 is 9.84 Å². The van der Waals surface area contributed by atoms with Gasteiger partial charge in [0.05, 0.1) is 11.3 Å². The molecule has 0 spiro atoms. The number of hydrogen-bond acceptors (Lipinski definition) is 3. The van der Waals surface area contributed by atoms with Crippen molar-refractivity contribution in [2.45, 2.75) is 12.8 Å². The van der Waals surface area contributed by atoms with Crippen molar-refractivity contribution < 1.29 is 27.8 Å². The molecule has 1 heterocycles. The molecule has 2 rings (SSSR count). The van der Waals surface area contributed by atoms with Crippen LogP contribution in [-0.2, 0) is 19.8 Å². The first-order valence-electron chi connectivity index (χ1n) is 6.01. The third-order valence-electron chi connectivity index (χ3n) is 2.94. The summed E-state index contributed by atoms with van der Waals surface area (Å²) in [5.41, 5.74) is -2.17. The summed E-state index contributed by atoms with van der Waals surface area (Å²) >= 11 is 0. The number of nitrogens with one attached hydrogen (secondary N) is 1. The Kier molecular flexibility index (Phi) is 3.98. The van der Waals surface area contributed by atoms with Gasteiger partial charge in [-0.2, -0.15) is 13.2 Å². The molecule has 22 heavy (non-hydrogen) atoms. The summed E-state index contributed by atoms with van der Waals surface area (Å²) in [5.74, 6) is -1.52. The molecule has 118 valence electrons. The Morgan fingerprint density at radius 2 is 2.09 bits per heavy atom. The molecule has 9 heteroatoms. The van der Waals surface area contributed by atoms with Crippen molar-refractivity contribution in [3.8, 4) is 5.75 Å². The molecule has 2 N–H and O–H groups in total. The molecule has 0 bridgehead atoms. The first-order chi connectivity index (χ1) is 10.2. The standard InChI is InChI=1S/C13H11F3N2O4/c1-18-9(10(12(20)21)11(19)17-18)6-22-8-4-2-3-7(5-8)13(14,15)16/h2-5H,6H2,1H3,(H,17,19)(H,20,21). The fourth-order valence-corrected chi connectivity index (χ4v) is 1.88. The van der Waals surface area contributed by atoms with E-state index in [0.717, 1.165) is 16.8 Å². The van der Waals surface area contributed by atoms with Gasteiger partial charge in [0.25, 0.3) is 5.56 Å². The van der Waals surface area contributed by atoms with E-state index in [1.54, 1.807) is 0 Å². The Morgan fingerprint density at radius 3 is 2.68 bits per heavy atom. The number of ether oxygens (including phenoxy) is 1. The van der Waals surface area contributed by atoms with Crippen molar-refractivity contribution >= 4 is 5.97 Å². The van der Waals surface area contributed by atoms with Gasteiger partial charge in [0.1, 0.15) is 12.4 Å². The molecule has 2 aromatic rings. The smallest absolute Gasteiger partial charge is 0.416 e. The first kappa shape index (κ1) is 15.7. The van der Waals surface area contributed by atoms with Gasteiger partial charge >= 0.3 is 12.1 Å². The highest BCUT2D eigenvalue weighted by atomic mass is 19.4. The fraction of sp³-hybridized carbons (Fsp3) is 0.231. The third-order valence-corrected chi connectivity index (χ3v) is 2.94. The molecular formula is C13H11F3N2O4. The van der Waals surface area contributed by atoms with Gasteiger partial charge in [-0.3, -0.25) is 14.6 Å². The van der Waals surface area contributed by atoms with Crippen molar-refractivity contribution in [3.63, 3.8) is 0 Å². The van der Waals surface area contributed by atoms with Crippen LogP contribution in [0.5, 0.6) is 5.75 Å². The fourth-order valence-electron chi connectivity index (χ4n) is 1.88. The second kappa shape index (κ2) is 5.58. The lowest BCUT2D eigenvalue weighted by Gasteiger charge is -2.10. The maximum atomic E-state index is 12.6. The van der Waals surface area contributed by atoms with Crippen LogP contribution < -0.4 is 10.3 Å². The van der Waals surface area contributed by atoms with E-state index in [1.807, 2.05) is 0 Å². The van der Waals surface area contributed by atoms with Gasteiger partial charge in [-0.25, -0.2) is 4.79 Å². The number of aryl methyl sites for hydroxylation is 1. The van der Waals surface area contributed by atoms with Gasteiger partial charge in [-0.1, -0.05) is 6.07 Å². The Bertz CT molecular complexity index is 761. The van der Waals surface area contributed by atoms with Crippen LogP contribution in [0.4, 0.5) is 13.2 Å². The number of aromatic amines is 1. The number of alkyl halides is 3. The topological polar surface area (TPSA) is 84.3 Å². The summed E-state index contributed by atoms with van der Waals surface area (Å²) in [4.78, 5) is 22.5. The number of H-pyrrole nitrogens is 1. The normalized spacial score (nSPS) is 11.5. The highest BCUT2D eigenvalue weighted by molar-refractivity contribution is 5.88. The summed E-state index contributed by atoms with van der Waals surface area (Å²) < 4.78 is 44.1. The molecule has 0 fully saturated rings. The monoisotopic (exact) mass is 316 g/mol. The molecule has 0 saturated heterocycles. The minimum atomic E-state index is -4.51. The molecule has 0 aliphatic heterocycles. The second-order valence-electron chi connectivity index (χ2n) is 4.44. The summed E-state index contributed by atoms with van der Waals surface area (Å²) in [6.07, 6.45) is -4.51. The zero-order valence-corrected chi connectivity index (χ0v) is 11.3. The number of aromatic nitrogens is 2. The number of halogens is 3. The minimum Gasteiger partial charge on any atom is -0.487 e. The maximum absolute atomic E-state index is 12.6. The second-order valence-corrected chi connectivity index (χ2v) is 4.44. The number of rotatable bonds is 4. The maximum Gasteiger partial charge on any atom is 0.416 e. The van der Waals surface area contributed by atoms with Crippen molar-refractivity contribution in [2.24, 2.45) is 7.05 Å². The highest BCUT2D eigenvalue weighted by Gasteiger charge is 2.30. The summed E-state index contributed by atoms with van der Waals surface area (Å²) in [7, 11) is 1.40. The van der Waals surface area contributed by atoms with Crippen LogP contribution in [0.25, 0.3) is 0 Å². The Balaban J connectivity index is 2.25. The lowest BCUT2D eigenvalue weighted by Crippen LogP contribution is -2.14. The SMILES string of the molecule is Cn1[nH]c(=O)c(C(=O)O)c1COc1cccc(C(F)(F)F)c1. The average Bonchev–Trinajstić information content (AvgIpc) is 2.70. The lowest BCUT2D eigenvalue weighted by molar-refractivity contribution is -0.137. The van der Waals surface area contributed by atoms with E-state index in [9.17, 15) is 22.8 Å². The van der Waals surface area contributed by atoms with E-state index >= 15 is 0 Å². The number of aromatic carboxylic acids is 1. The van der Waals surface area contributed by atoms with Crippen molar-refractivity contribution in [1.29, 1.82) is 0 Å². The Labute approximate surface area is 121 Å². The number of benzene rings is 1. The van der Waals surface area contributed by atoms with Crippen LogP contribution in [0.3, 0.4) is 0 Å². The summed E-state index contributed by atoms with van der Waals surface area (Å²) in [6.45, 7) is -0.363. The zero-order valence-electron chi connectivity index (χ0n) is 11.3. The summed E-state index contributed by atoms with van der Waals surface area (Å²) in [5, 5.41) is 11.2. The van der Waals surface area contributed by atoms with E-state index in [4.69, 9.17) is 9.84 Å². The van der Waals surface area contributed by atoms with Gasteiger partial charge in [0, 0.05) is 7.05 Å². The predicted molar refractivity (Wildman–Crippen MR) is 68.8 cm³/mol. The first-order valence-corrected chi connectivity index (χ1v) is 6.01. The Morgan fingerprint density at radius 1 is 1.41 bits per heavy atom. The minimum absolute atomic E-state index is 0.0231. The van der Waals surface area contributed by atoms with Crippen LogP contribution in [0.1, 0.15) is 21.6 Å². The summed E-state index contributed by atoms with van der Waals surface area (Å²) in [6, 6.07) is 4.17. The molecule has 6 nitrogen and oxygen atoms in total. The van der Waals surface area contributed by atoms with E-state index in [0.29, 0.717) is 0 Å². The quantitative estimate of drug-likeness (QED) is 0.903. The van der Waals surface area contributed by atoms with E-state index < -0.39 is 28.8 Å². The number of hydrogen-bond donors (Lipinski definition) is 2. The number of nitrogens with zero attached hydrogens (tertiary/aromatic N) is 1. The molecule has 0 unspecified atom stereocenters. The van der Waals surface area contributed by atoms with E-state index in [2.05, 4.69) is 5.10 Å². The molecule has 1 aromatic heterocycles. The van der Waals surface area contributed by atoms with Crippen molar-refractivity contribution in [2.75, 3.05) is 0 Å². The van der Waals surface area contributed by atoms with Crippen LogP contribution in [0.2, 0.25) is 0 Å². The molecule has 1 aromatic carbocycles. The predicted octanol–water partition coefficient (Wildman–Crippen LogP) is 2.01. The van der Waals surface area contributed by atoms with Crippen molar-refractivity contribution in [3.05, 3.63) is 51.4 Å². The molecule has 0 saturated carbocycles. The lowest BCUT2D eigenvalue weighted by atomic mass is 10.2. The molecule has 0 radical (unpaired) electrons. The van der Waals surface area contributed by atoms with E-state index in [1.165, 1.54) is 19.2 Å². The Hall–Kier alpha value is -2.71. The van der Waals surface area contributed by atoms with Crippen LogP contribution in [-0.4, -0.2) is 20.9 Å². The molecular weight excluding hydrogens is 305 g/mol. The largest absolute Gasteiger partial charge is 0.487 e. The van der Waals surface area contributed by atoms with Crippen LogP contribution in [0.15, 0.2) is 29.1 Å². The van der Waals surface area contributed by atoms with Gasteiger partial charge in [0.15, 0.2) is 5.56 Å². The number of carbonyl (C=O) groups is 1. The molecule has 0 amide bonds. The molecule has 0 aliphatic carbocycles. The van der Waals surface area contributed by atoms with Crippen LogP contribution in [0, 0.1) is 0 Å². The van der Waals surface area contributed by atoms with E-state index in [-0.39, 0.29) is 18.1 Å². The van der Waals surface area contributed by atoms with Crippen LogP contribution >= 0.6 is 0 Å². The van der Waals surface area contributed by atoms with Gasteiger partial charge in [-0.15, -0.1) is 0 Å². The molecule has 0 atom stereocenters. The highest BCUT2D eigenvalue weighted by Crippen LogP contribution is 2.31. The zero-order chi connectivity index (χ0) is 16.5. The third kappa shape index (κ3) is 3.13. The van der Waals surface area contributed by atoms with Gasteiger partial charge in [-0.05, 0) is 18.2 Å². The number of carboxylic acid groups (broad SMARTS) is 1.